The molecule has 0 N–H and O–H groups in total. The van der Waals surface area contributed by atoms with Crippen LogP contribution in [-0.2, 0) is 11.2 Å². The third-order valence-corrected chi connectivity index (χ3v) is 4.30. The molecule has 0 saturated carbocycles. The van der Waals surface area contributed by atoms with Gasteiger partial charge in [-0.3, -0.25) is 0 Å². The number of aromatic nitrogens is 2. The van der Waals surface area contributed by atoms with E-state index in [4.69, 9.17) is 4.74 Å². The van der Waals surface area contributed by atoms with Crippen LogP contribution < -0.4 is 0 Å². The van der Waals surface area contributed by atoms with Crippen molar-refractivity contribution in [2.24, 2.45) is 0 Å². The minimum Gasteiger partial charge on any atom is -0.465 e. The maximum Gasteiger partial charge on any atom is 0.338 e. The second-order valence-corrected chi connectivity index (χ2v) is 5.74. The smallest absolute Gasteiger partial charge is 0.338 e. The minimum absolute atomic E-state index is 0.325. The van der Waals surface area contributed by atoms with Crippen LogP contribution in [0.3, 0.4) is 0 Å². The van der Waals surface area contributed by atoms with Gasteiger partial charge in [0.2, 0.25) is 0 Å². The van der Waals surface area contributed by atoms with Gasteiger partial charge < -0.3 is 14.0 Å². The SMILES string of the molecule is COC(=O)c1ccn2cc(CC3CCCCN3C)nc2c1. The zero-order chi connectivity index (χ0) is 14.8. The number of carbonyl (C=O) groups excluding carboxylic acids is 1. The number of ether oxygens (including phenoxy) is 1. The van der Waals surface area contributed by atoms with Gasteiger partial charge >= 0.3 is 5.97 Å². The Morgan fingerprint density at radius 3 is 3.10 bits per heavy atom. The van der Waals surface area contributed by atoms with Crippen LogP contribution in [0.1, 0.15) is 35.3 Å². The highest BCUT2D eigenvalue weighted by Crippen LogP contribution is 2.19. The van der Waals surface area contributed by atoms with Gasteiger partial charge in [0.15, 0.2) is 0 Å². The van der Waals surface area contributed by atoms with Crippen LogP contribution in [0.5, 0.6) is 0 Å². The molecule has 0 aromatic carbocycles. The fourth-order valence-electron chi connectivity index (χ4n) is 3.02. The molecular weight excluding hydrogens is 266 g/mol. The predicted molar refractivity (Wildman–Crippen MR) is 80.5 cm³/mol. The Kier molecular flexibility index (Phi) is 3.92. The number of hydrogen-bond donors (Lipinski definition) is 0. The Hall–Kier alpha value is -1.88. The summed E-state index contributed by atoms with van der Waals surface area (Å²) in [5.74, 6) is -0.325. The standard InChI is InChI=1S/C16H21N3O2/c1-18-7-4-3-5-14(18)10-13-11-19-8-6-12(16(20)21-2)9-15(19)17-13/h6,8-9,11,14H,3-5,7,10H2,1-2H3. The predicted octanol–water partition coefficient (Wildman–Crippen LogP) is 2.15. The number of piperidine rings is 1. The van der Waals surface area contributed by atoms with Crippen LogP contribution in [0.15, 0.2) is 24.5 Å². The number of esters is 1. The number of hydrogen-bond acceptors (Lipinski definition) is 4. The van der Waals surface area contributed by atoms with Crippen molar-refractivity contribution in [2.75, 3.05) is 20.7 Å². The number of likely N-dealkylation sites (N-methyl/N-ethyl adjacent to an activating group) is 1. The van der Waals surface area contributed by atoms with Gasteiger partial charge in [0.25, 0.3) is 0 Å². The number of fused-ring (bicyclic) bond motifs is 1. The highest BCUT2D eigenvalue weighted by molar-refractivity contribution is 5.90. The first kappa shape index (κ1) is 14.1. The van der Waals surface area contributed by atoms with Crippen LogP contribution in [0.4, 0.5) is 0 Å². The molecule has 112 valence electrons. The van der Waals surface area contributed by atoms with Crippen molar-refractivity contribution in [2.45, 2.75) is 31.7 Å². The second-order valence-electron chi connectivity index (χ2n) is 5.74. The molecule has 5 heteroatoms. The Morgan fingerprint density at radius 2 is 2.33 bits per heavy atom. The lowest BCUT2D eigenvalue weighted by molar-refractivity contribution is 0.0600. The summed E-state index contributed by atoms with van der Waals surface area (Å²) in [5, 5.41) is 0. The molecule has 1 fully saturated rings. The number of imidazole rings is 1. The molecule has 0 radical (unpaired) electrons. The zero-order valence-corrected chi connectivity index (χ0v) is 12.6. The van der Waals surface area contributed by atoms with Crippen molar-refractivity contribution in [1.82, 2.24) is 14.3 Å². The fourth-order valence-corrected chi connectivity index (χ4v) is 3.02. The Balaban J connectivity index is 1.82. The van der Waals surface area contributed by atoms with Gasteiger partial charge in [0.1, 0.15) is 5.65 Å². The van der Waals surface area contributed by atoms with E-state index >= 15 is 0 Å². The van der Waals surface area contributed by atoms with Gasteiger partial charge in [-0.15, -0.1) is 0 Å². The van der Waals surface area contributed by atoms with Crippen molar-refractivity contribution in [3.63, 3.8) is 0 Å². The van der Waals surface area contributed by atoms with E-state index in [0.717, 1.165) is 17.8 Å². The topological polar surface area (TPSA) is 46.8 Å². The number of pyridine rings is 1. The van der Waals surface area contributed by atoms with Gasteiger partial charge in [0.05, 0.1) is 18.4 Å². The largest absolute Gasteiger partial charge is 0.465 e. The Morgan fingerprint density at radius 1 is 1.48 bits per heavy atom. The fraction of sp³-hybridized carbons (Fsp3) is 0.500. The lowest BCUT2D eigenvalue weighted by Crippen LogP contribution is -2.37. The Labute approximate surface area is 124 Å². The van der Waals surface area contributed by atoms with E-state index in [1.807, 2.05) is 10.6 Å². The summed E-state index contributed by atoms with van der Waals surface area (Å²) >= 11 is 0. The molecule has 5 nitrogen and oxygen atoms in total. The number of likely N-dealkylation sites (tertiary alicyclic amines) is 1. The second kappa shape index (κ2) is 5.85. The van der Waals surface area contributed by atoms with Crippen LogP contribution in [-0.4, -0.2) is 47.0 Å². The molecule has 0 amide bonds. The number of carbonyl (C=O) groups is 1. The number of nitrogens with zero attached hydrogens (tertiary/aromatic N) is 3. The van der Waals surface area contributed by atoms with E-state index in [0.29, 0.717) is 11.6 Å². The highest BCUT2D eigenvalue weighted by Gasteiger charge is 2.20. The minimum atomic E-state index is -0.325. The van der Waals surface area contributed by atoms with Crippen molar-refractivity contribution in [1.29, 1.82) is 0 Å². The van der Waals surface area contributed by atoms with Crippen molar-refractivity contribution < 1.29 is 9.53 Å². The molecule has 1 atom stereocenters. The van der Waals surface area contributed by atoms with Crippen LogP contribution in [0, 0.1) is 0 Å². The first-order valence-electron chi connectivity index (χ1n) is 7.43. The summed E-state index contributed by atoms with van der Waals surface area (Å²) < 4.78 is 6.71. The van der Waals surface area contributed by atoms with E-state index in [1.165, 1.54) is 32.9 Å². The lowest BCUT2D eigenvalue weighted by Gasteiger charge is -2.31. The molecule has 0 aliphatic carbocycles. The van der Waals surface area contributed by atoms with Crippen molar-refractivity contribution >= 4 is 11.6 Å². The summed E-state index contributed by atoms with van der Waals surface area (Å²) in [6.07, 6.45) is 8.71. The lowest BCUT2D eigenvalue weighted by atomic mass is 9.99. The maximum atomic E-state index is 11.6. The van der Waals surface area contributed by atoms with Crippen LogP contribution >= 0.6 is 0 Å². The average Bonchev–Trinajstić information content (AvgIpc) is 2.90. The van der Waals surface area contributed by atoms with Gasteiger partial charge in [0, 0.05) is 24.9 Å². The highest BCUT2D eigenvalue weighted by atomic mass is 16.5. The van der Waals surface area contributed by atoms with Gasteiger partial charge in [-0.25, -0.2) is 9.78 Å². The third-order valence-electron chi connectivity index (χ3n) is 4.30. The third kappa shape index (κ3) is 2.93. The number of methoxy groups -OCH3 is 1. The molecule has 1 aliphatic heterocycles. The summed E-state index contributed by atoms with van der Waals surface area (Å²) in [4.78, 5) is 18.6. The zero-order valence-electron chi connectivity index (χ0n) is 12.6. The molecule has 0 spiro atoms. The van der Waals surface area contributed by atoms with E-state index in [-0.39, 0.29) is 5.97 Å². The van der Waals surface area contributed by atoms with E-state index in [9.17, 15) is 4.79 Å². The van der Waals surface area contributed by atoms with E-state index < -0.39 is 0 Å². The molecule has 0 bridgehead atoms. The van der Waals surface area contributed by atoms with Crippen LogP contribution in [0.2, 0.25) is 0 Å². The summed E-state index contributed by atoms with van der Waals surface area (Å²) in [6.45, 7) is 1.17. The van der Waals surface area contributed by atoms with Gasteiger partial charge in [-0.05, 0) is 38.6 Å². The maximum absolute atomic E-state index is 11.6. The summed E-state index contributed by atoms with van der Waals surface area (Å²) in [7, 11) is 3.58. The molecule has 1 aliphatic rings. The molecule has 2 aromatic heterocycles. The van der Waals surface area contributed by atoms with Crippen molar-refractivity contribution in [3.8, 4) is 0 Å². The molecule has 3 heterocycles. The van der Waals surface area contributed by atoms with Crippen LogP contribution in [0.25, 0.3) is 5.65 Å². The van der Waals surface area contributed by atoms with Crippen molar-refractivity contribution in [3.05, 3.63) is 35.8 Å². The monoisotopic (exact) mass is 287 g/mol. The molecule has 1 saturated heterocycles. The number of rotatable bonds is 3. The molecule has 21 heavy (non-hydrogen) atoms. The van der Waals surface area contributed by atoms with E-state index in [2.05, 4.69) is 23.1 Å². The molecule has 3 rings (SSSR count). The van der Waals surface area contributed by atoms with E-state index in [1.54, 1.807) is 12.1 Å². The normalized spacial score (nSPS) is 19.8. The molecule has 2 aromatic rings. The van der Waals surface area contributed by atoms with Gasteiger partial charge in [-0.1, -0.05) is 6.42 Å². The first-order chi connectivity index (χ1) is 10.2. The average molecular weight is 287 g/mol. The first-order valence-corrected chi connectivity index (χ1v) is 7.43. The Bertz CT molecular complexity index is 650. The molecule has 1 unspecified atom stereocenters. The molecular formula is C16H21N3O2. The quantitative estimate of drug-likeness (QED) is 0.812. The van der Waals surface area contributed by atoms with Gasteiger partial charge in [-0.2, -0.15) is 0 Å². The summed E-state index contributed by atoms with van der Waals surface area (Å²) in [6, 6.07) is 4.11. The summed E-state index contributed by atoms with van der Waals surface area (Å²) in [5.41, 5.74) is 2.42.